The van der Waals surface area contributed by atoms with E-state index in [4.69, 9.17) is 5.11 Å². The molecule has 2 N–H and O–H groups in total. The van der Waals surface area contributed by atoms with Crippen LogP contribution in [0.2, 0.25) is 0 Å². The van der Waals surface area contributed by atoms with Crippen molar-refractivity contribution in [2.24, 2.45) is 0 Å². The molecule has 1 rings (SSSR count). The lowest BCUT2D eigenvalue weighted by Gasteiger charge is -2.23. The molecule has 2 heteroatoms. The van der Waals surface area contributed by atoms with Gasteiger partial charge >= 0.3 is 0 Å². The maximum Gasteiger partial charge on any atom is 0.0660 e. The Morgan fingerprint density at radius 2 is 1.80 bits per heavy atom. The predicted molar refractivity (Wildman–Crippen MR) is 61.7 cm³/mol. The first-order valence-corrected chi connectivity index (χ1v) is 5.51. The standard InChI is InChI=1S/C13H20O2/c1-13(15,9-5-6-10-14)11-12-7-3-2-4-8-12/h2-4,7-8,14-15H,5-6,9-11H2,1H3. The highest BCUT2D eigenvalue weighted by molar-refractivity contribution is 5.16. The third kappa shape index (κ3) is 4.96. The number of rotatable bonds is 6. The SMILES string of the molecule is CC(O)(CCCCO)Cc1ccccc1. The van der Waals surface area contributed by atoms with Crippen LogP contribution in [0, 0.1) is 0 Å². The van der Waals surface area contributed by atoms with Gasteiger partial charge in [0.2, 0.25) is 0 Å². The molecule has 1 unspecified atom stereocenters. The molecule has 0 bridgehead atoms. The summed E-state index contributed by atoms with van der Waals surface area (Å²) in [6.07, 6.45) is 3.06. The van der Waals surface area contributed by atoms with Crippen molar-refractivity contribution < 1.29 is 10.2 Å². The van der Waals surface area contributed by atoms with Crippen LogP contribution >= 0.6 is 0 Å². The quantitative estimate of drug-likeness (QED) is 0.703. The Morgan fingerprint density at radius 3 is 2.40 bits per heavy atom. The Kier molecular flexibility index (Phi) is 4.79. The second-order valence-electron chi connectivity index (χ2n) is 4.34. The Hall–Kier alpha value is -0.860. The van der Waals surface area contributed by atoms with Crippen molar-refractivity contribution in [2.45, 2.75) is 38.2 Å². The average molecular weight is 208 g/mol. The summed E-state index contributed by atoms with van der Waals surface area (Å²) in [5.41, 5.74) is 0.503. The van der Waals surface area contributed by atoms with Crippen LogP contribution in [0.5, 0.6) is 0 Å². The topological polar surface area (TPSA) is 40.5 Å². The van der Waals surface area contributed by atoms with Crippen LogP contribution < -0.4 is 0 Å². The van der Waals surface area contributed by atoms with Gasteiger partial charge in [0.1, 0.15) is 0 Å². The van der Waals surface area contributed by atoms with Crippen molar-refractivity contribution in [1.82, 2.24) is 0 Å². The first-order valence-electron chi connectivity index (χ1n) is 5.51. The second kappa shape index (κ2) is 5.89. The Labute approximate surface area is 91.6 Å². The lowest BCUT2D eigenvalue weighted by molar-refractivity contribution is 0.0473. The van der Waals surface area contributed by atoms with Gasteiger partial charge in [-0.05, 0) is 31.7 Å². The molecular weight excluding hydrogens is 188 g/mol. The molecule has 0 fully saturated rings. The van der Waals surface area contributed by atoms with E-state index in [0.717, 1.165) is 24.8 Å². The third-order valence-corrected chi connectivity index (χ3v) is 2.55. The molecule has 0 heterocycles. The fourth-order valence-electron chi connectivity index (χ4n) is 1.74. The van der Waals surface area contributed by atoms with E-state index in [0.29, 0.717) is 6.42 Å². The van der Waals surface area contributed by atoms with Crippen molar-refractivity contribution in [2.75, 3.05) is 6.61 Å². The van der Waals surface area contributed by atoms with E-state index in [2.05, 4.69) is 0 Å². The van der Waals surface area contributed by atoms with E-state index in [9.17, 15) is 5.11 Å². The van der Waals surface area contributed by atoms with Crippen molar-refractivity contribution in [3.8, 4) is 0 Å². The van der Waals surface area contributed by atoms with Gasteiger partial charge in [0, 0.05) is 13.0 Å². The number of benzene rings is 1. The molecule has 2 nitrogen and oxygen atoms in total. The molecule has 1 aromatic rings. The molecule has 15 heavy (non-hydrogen) atoms. The number of hydrogen-bond acceptors (Lipinski definition) is 2. The van der Waals surface area contributed by atoms with Crippen molar-refractivity contribution in [1.29, 1.82) is 0 Å². The van der Waals surface area contributed by atoms with Crippen molar-refractivity contribution >= 4 is 0 Å². The van der Waals surface area contributed by atoms with Gasteiger partial charge in [-0.25, -0.2) is 0 Å². The Bertz CT molecular complexity index is 267. The summed E-state index contributed by atoms with van der Waals surface area (Å²) in [4.78, 5) is 0. The van der Waals surface area contributed by atoms with Crippen molar-refractivity contribution in [3.63, 3.8) is 0 Å². The largest absolute Gasteiger partial charge is 0.396 e. The summed E-state index contributed by atoms with van der Waals surface area (Å²) < 4.78 is 0. The molecule has 1 aromatic carbocycles. The van der Waals surface area contributed by atoms with Gasteiger partial charge in [-0.15, -0.1) is 0 Å². The maximum absolute atomic E-state index is 10.1. The highest BCUT2D eigenvalue weighted by Crippen LogP contribution is 2.19. The molecule has 0 saturated heterocycles. The summed E-state index contributed by atoms with van der Waals surface area (Å²) in [5, 5.41) is 18.8. The van der Waals surface area contributed by atoms with Crippen molar-refractivity contribution in [3.05, 3.63) is 35.9 Å². The fraction of sp³-hybridized carbons (Fsp3) is 0.538. The maximum atomic E-state index is 10.1. The molecule has 0 spiro atoms. The monoisotopic (exact) mass is 208 g/mol. The minimum atomic E-state index is -0.656. The van der Waals surface area contributed by atoms with Gasteiger partial charge in [0.25, 0.3) is 0 Å². The molecule has 1 atom stereocenters. The van der Waals surface area contributed by atoms with Crippen LogP contribution in [0.25, 0.3) is 0 Å². The normalized spacial score (nSPS) is 14.9. The minimum Gasteiger partial charge on any atom is -0.396 e. The van der Waals surface area contributed by atoms with Crippen LogP contribution in [0.15, 0.2) is 30.3 Å². The second-order valence-corrected chi connectivity index (χ2v) is 4.34. The zero-order valence-corrected chi connectivity index (χ0v) is 9.32. The zero-order chi connectivity index (χ0) is 11.1. The Balaban J connectivity index is 2.42. The molecule has 0 aliphatic carbocycles. The fourth-order valence-corrected chi connectivity index (χ4v) is 1.74. The molecule has 0 saturated carbocycles. The highest BCUT2D eigenvalue weighted by Gasteiger charge is 2.19. The van der Waals surface area contributed by atoms with Gasteiger partial charge in [0.05, 0.1) is 5.60 Å². The highest BCUT2D eigenvalue weighted by atomic mass is 16.3. The lowest BCUT2D eigenvalue weighted by Crippen LogP contribution is -2.27. The lowest BCUT2D eigenvalue weighted by atomic mass is 9.91. The molecule has 0 aromatic heterocycles. The van der Waals surface area contributed by atoms with E-state index < -0.39 is 5.60 Å². The number of unbranched alkanes of at least 4 members (excludes halogenated alkanes) is 1. The van der Waals surface area contributed by atoms with Gasteiger partial charge < -0.3 is 10.2 Å². The smallest absolute Gasteiger partial charge is 0.0660 e. The van der Waals surface area contributed by atoms with Crippen LogP contribution in [0.4, 0.5) is 0 Å². The molecule has 84 valence electrons. The van der Waals surface area contributed by atoms with Gasteiger partial charge in [0.15, 0.2) is 0 Å². The first kappa shape index (κ1) is 12.2. The van der Waals surface area contributed by atoms with E-state index in [1.54, 1.807) is 0 Å². The summed E-state index contributed by atoms with van der Waals surface area (Å²) in [6.45, 7) is 2.07. The van der Waals surface area contributed by atoms with E-state index in [-0.39, 0.29) is 6.61 Å². The van der Waals surface area contributed by atoms with Crippen LogP contribution in [-0.4, -0.2) is 22.4 Å². The molecule has 0 radical (unpaired) electrons. The average Bonchev–Trinajstić information content (AvgIpc) is 2.18. The summed E-state index contributed by atoms with van der Waals surface area (Å²) in [5.74, 6) is 0. The summed E-state index contributed by atoms with van der Waals surface area (Å²) in [7, 11) is 0. The minimum absolute atomic E-state index is 0.210. The van der Waals surface area contributed by atoms with Gasteiger partial charge in [-0.3, -0.25) is 0 Å². The summed E-state index contributed by atoms with van der Waals surface area (Å²) in [6, 6.07) is 10.0. The molecule has 0 aliphatic heterocycles. The number of hydrogen-bond donors (Lipinski definition) is 2. The molecular formula is C13H20O2. The van der Waals surface area contributed by atoms with E-state index in [1.807, 2.05) is 37.3 Å². The van der Waals surface area contributed by atoms with E-state index in [1.165, 1.54) is 0 Å². The molecule has 0 amide bonds. The van der Waals surface area contributed by atoms with Crippen LogP contribution in [0.3, 0.4) is 0 Å². The number of aliphatic hydroxyl groups is 2. The number of aliphatic hydroxyl groups excluding tert-OH is 1. The van der Waals surface area contributed by atoms with Gasteiger partial charge in [-0.1, -0.05) is 30.3 Å². The first-order chi connectivity index (χ1) is 7.14. The summed E-state index contributed by atoms with van der Waals surface area (Å²) >= 11 is 0. The van der Waals surface area contributed by atoms with Crippen LogP contribution in [-0.2, 0) is 6.42 Å². The van der Waals surface area contributed by atoms with E-state index >= 15 is 0 Å². The molecule has 0 aliphatic rings. The Morgan fingerprint density at radius 1 is 1.13 bits per heavy atom. The third-order valence-electron chi connectivity index (χ3n) is 2.55. The van der Waals surface area contributed by atoms with Crippen LogP contribution in [0.1, 0.15) is 31.7 Å². The predicted octanol–water partition coefficient (Wildman–Crippen LogP) is 2.14. The zero-order valence-electron chi connectivity index (χ0n) is 9.32. The van der Waals surface area contributed by atoms with Gasteiger partial charge in [-0.2, -0.15) is 0 Å².